The number of ether oxygens (including phenoxy) is 3. The molecule has 1 radical (unpaired) electrons. The minimum Gasteiger partial charge on any atom is -0.333 e. The monoisotopic (exact) mass is 135 g/mol. The van der Waals surface area contributed by atoms with Gasteiger partial charge in [-0.2, -0.15) is 0 Å². The van der Waals surface area contributed by atoms with E-state index in [0.29, 0.717) is 0 Å². The second-order valence-corrected chi connectivity index (χ2v) is 1.33. The molecule has 0 aliphatic rings. The summed E-state index contributed by atoms with van der Waals surface area (Å²) in [5.74, 6) is 0. The van der Waals surface area contributed by atoms with Crippen molar-refractivity contribution >= 4 is 0 Å². The van der Waals surface area contributed by atoms with Gasteiger partial charge in [0.05, 0.1) is 6.61 Å². The predicted octanol–water partition coefficient (Wildman–Crippen LogP) is 0.00990. The van der Waals surface area contributed by atoms with Gasteiger partial charge in [0.25, 0.3) is 6.48 Å². The number of methoxy groups -OCH3 is 2. The van der Waals surface area contributed by atoms with E-state index in [1.807, 2.05) is 0 Å². The SMILES string of the molecule is COC(OC)OCC[O]. The molecule has 0 rings (SSSR count). The molecule has 0 unspecified atom stereocenters. The highest BCUT2D eigenvalue weighted by atomic mass is 16.8. The van der Waals surface area contributed by atoms with Crippen LogP contribution in [0.25, 0.3) is 0 Å². The van der Waals surface area contributed by atoms with Crippen molar-refractivity contribution in [1.29, 1.82) is 0 Å². The topological polar surface area (TPSA) is 47.6 Å². The van der Waals surface area contributed by atoms with E-state index in [0.717, 1.165) is 0 Å². The lowest BCUT2D eigenvalue weighted by atomic mass is 10.8. The maximum Gasteiger partial charge on any atom is 0.271 e. The second-order valence-electron chi connectivity index (χ2n) is 1.33. The molecule has 0 amide bonds. The first-order valence-electron chi connectivity index (χ1n) is 2.60. The summed E-state index contributed by atoms with van der Waals surface area (Å²) in [4.78, 5) is 0. The van der Waals surface area contributed by atoms with E-state index in [1.165, 1.54) is 14.2 Å². The summed E-state index contributed by atoms with van der Waals surface area (Å²) in [5.41, 5.74) is 0. The summed E-state index contributed by atoms with van der Waals surface area (Å²) < 4.78 is 14.0. The maximum atomic E-state index is 9.83. The van der Waals surface area contributed by atoms with Crippen LogP contribution in [0.1, 0.15) is 0 Å². The lowest BCUT2D eigenvalue weighted by molar-refractivity contribution is -0.268. The largest absolute Gasteiger partial charge is 0.333 e. The average Bonchev–Trinajstić information content (AvgIpc) is 1.91. The molecular weight excluding hydrogens is 124 g/mol. The van der Waals surface area contributed by atoms with Gasteiger partial charge in [-0.3, -0.25) is 0 Å². The highest BCUT2D eigenvalue weighted by molar-refractivity contribution is 4.22. The third-order valence-corrected chi connectivity index (χ3v) is 0.722. The van der Waals surface area contributed by atoms with Gasteiger partial charge in [0, 0.05) is 14.2 Å². The summed E-state index contributed by atoms with van der Waals surface area (Å²) in [6.07, 6.45) is 0. The molecule has 0 saturated heterocycles. The molecule has 0 bridgehead atoms. The predicted molar refractivity (Wildman–Crippen MR) is 29.3 cm³/mol. The van der Waals surface area contributed by atoms with Gasteiger partial charge < -0.3 is 14.2 Å². The summed E-state index contributed by atoms with van der Waals surface area (Å²) >= 11 is 0. The Balaban J connectivity index is 3.09. The van der Waals surface area contributed by atoms with Gasteiger partial charge in [0.2, 0.25) is 0 Å². The van der Waals surface area contributed by atoms with Crippen molar-refractivity contribution in [2.45, 2.75) is 6.48 Å². The molecule has 55 valence electrons. The third-order valence-electron chi connectivity index (χ3n) is 0.722. The molecule has 4 heteroatoms. The van der Waals surface area contributed by atoms with Crippen molar-refractivity contribution in [3.8, 4) is 0 Å². The van der Waals surface area contributed by atoms with Crippen LogP contribution in [0.5, 0.6) is 0 Å². The lowest BCUT2D eigenvalue weighted by Gasteiger charge is -2.11. The van der Waals surface area contributed by atoms with Crippen molar-refractivity contribution in [2.24, 2.45) is 0 Å². The first kappa shape index (κ1) is 8.84. The van der Waals surface area contributed by atoms with Crippen molar-refractivity contribution in [1.82, 2.24) is 0 Å². The smallest absolute Gasteiger partial charge is 0.271 e. The number of rotatable bonds is 5. The first-order valence-corrected chi connectivity index (χ1v) is 2.60. The minimum absolute atomic E-state index is 0.117. The Morgan fingerprint density at radius 1 is 1.33 bits per heavy atom. The van der Waals surface area contributed by atoms with Gasteiger partial charge in [0.15, 0.2) is 0 Å². The van der Waals surface area contributed by atoms with Crippen LogP contribution in [0.2, 0.25) is 0 Å². The van der Waals surface area contributed by atoms with Crippen molar-refractivity contribution in [2.75, 3.05) is 27.4 Å². The van der Waals surface area contributed by atoms with E-state index in [2.05, 4.69) is 9.47 Å². The van der Waals surface area contributed by atoms with Gasteiger partial charge in [0.1, 0.15) is 6.61 Å². The first-order chi connectivity index (χ1) is 4.35. The molecular formula is C5H11O4. The highest BCUT2D eigenvalue weighted by Crippen LogP contribution is 1.91. The Bertz CT molecular complexity index is 52.9. The van der Waals surface area contributed by atoms with E-state index in [9.17, 15) is 5.11 Å². The van der Waals surface area contributed by atoms with Crippen LogP contribution in [-0.2, 0) is 19.3 Å². The fourth-order valence-corrected chi connectivity index (χ4v) is 0.377. The third kappa shape index (κ3) is 4.35. The molecule has 0 aliphatic heterocycles. The summed E-state index contributed by atoms with van der Waals surface area (Å²) in [6, 6.07) is 0. The zero-order valence-corrected chi connectivity index (χ0v) is 5.62. The number of hydrogen-bond acceptors (Lipinski definition) is 3. The molecule has 9 heavy (non-hydrogen) atoms. The van der Waals surface area contributed by atoms with Gasteiger partial charge in [-0.1, -0.05) is 0 Å². The van der Waals surface area contributed by atoms with Crippen molar-refractivity contribution in [3.05, 3.63) is 0 Å². The van der Waals surface area contributed by atoms with Gasteiger partial charge in [-0.05, 0) is 0 Å². The number of hydrogen-bond donors (Lipinski definition) is 0. The zero-order chi connectivity index (χ0) is 7.11. The molecule has 0 aromatic carbocycles. The standard InChI is InChI=1S/C5H11O4/c1-7-5(8-2)9-4-3-6/h5H,3-4H2,1-2H3. The van der Waals surface area contributed by atoms with Gasteiger partial charge in [-0.15, -0.1) is 0 Å². The summed E-state index contributed by atoms with van der Waals surface area (Å²) in [7, 11) is 2.89. The average molecular weight is 135 g/mol. The molecule has 0 aromatic heterocycles. The quantitative estimate of drug-likeness (QED) is 0.499. The molecule has 4 nitrogen and oxygen atoms in total. The molecule has 0 N–H and O–H groups in total. The molecule has 0 aromatic rings. The molecule has 0 saturated carbocycles. The van der Waals surface area contributed by atoms with Gasteiger partial charge >= 0.3 is 0 Å². The minimum atomic E-state index is -0.695. The van der Waals surface area contributed by atoms with Crippen LogP contribution in [0.4, 0.5) is 0 Å². The Morgan fingerprint density at radius 2 is 1.89 bits per heavy atom. The van der Waals surface area contributed by atoms with Crippen LogP contribution < -0.4 is 0 Å². The van der Waals surface area contributed by atoms with Gasteiger partial charge in [-0.25, -0.2) is 5.11 Å². The van der Waals surface area contributed by atoms with E-state index in [-0.39, 0.29) is 13.2 Å². The van der Waals surface area contributed by atoms with E-state index < -0.39 is 6.48 Å². The molecule has 0 fully saturated rings. The molecule has 0 spiro atoms. The zero-order valence-electron chi connectivity index (χ0n) is 5.62. The maximum absolute atomic E-state index is 9.83. The Kier molecular flexibility index (Phi) is 5.86. The van der Waals surface area contributed by atoms with Crippen molar-refractivity contribution in [3.63, 3.8) is 0 Å². The van der Waals surface area contributed by atoms with Crippen LogP contribution in [0, 0.1) is 0 Å². The lowest BCUT2D eigenvalue weighted by Crippen LogP contribution is -2.18. The van der Waals surface area contributed by atoms with Crippen LogP contribution in [0.3, 0.4) is 0 Å². The van der Waals surface area contributed by atoms with Crippen LogP contribution in [0.15, 0.2) is 0 Å². The van der Waals surface area contributed by atoms with E-state index in [4.69, 9.17) is 4.74 Å². The normalized spacial score (nSPS) is 10.7. The highest BCUT2D eigenvalue weighted by Gasteiger charge is 2.01. The molecule has 0 atom stereocenters. The van der Waals surface area contributed by atoms with E-state index in [1.54, 1.807) is 0 Å². The second kappa shape index (κ2) is 5.97. The molecule has 0 heterocycles. The Labute approximate surface area is 54.3 Å². The summed E-state index contributed by atoms with van der Waals surface area (Å²) in [5, 5.41) is 9.83. The van der Waals surface area contributed by atoms with Crippen LogP contribution >= 0.6 is 0 Å². The van der Waals surface area contributed by atoms with Crippen LogP contribution in [-0.4, -0.2) is 33.9 Å². The Morgan fingerprint density at radius 3 is 2.22 bits per heavy atom. The fourth-order valence-electron chi connectivity index (χ4n) is 0.377. The fraction of sp³-hybridized carbons (Fsp3) is 1.00. The summed E-state index contributed by atoms with van der Waals surface area (Å²) in [6.45, 7) is -0.853. The molecule has 0 aliphatic carbocycles. The Hall–Kier alpha value is -0.160. The van der Waals surface area contributed by atoms with Crippen molar-refractivity contribution < 1.29 is 19.3 Å². The van der Waals surface area contributed by atoms with E-state index >= 15 is 0 Å².